The number of hydrogen-bond donors (Lipinski definition) is 2. The fourth-order valence-corrected chi connectivity index (χ4v) is 1.46. The van der Waals surface area contributed by atoms with Crippen molar-refractivity contribution in [1.82, 2.24) is 5.32 Å². The predicted octanol–water partition coefficient (Wildman–Crippen LogP) is 1.43. The Kier molecular flexibility index (Phi) is 2.68. The first-order valence-electron chi connectivity index (χ1n) is 4.97. The van der Waals surface area contributed by atoms with Crippen molar-refractivity contribution in [3.63, 3.8) is 0 Å². The molecule has 2 rings (SSSR count). The van der Waals surface area contributed by atoms with E-state index in [4.69, 9.17) is 0 Å². The van der Waals surface area contributed by atoms with Crippen LogP contribution in [0.25, 0.3) is 0 Å². The summed E-state index contributed by atoms with van der Waals surface area (Å²) in [7, 11) is 0. The first kappa shape index (κ1) is 10.1. The molecule has 4 heteroatoms. The molecule has 1 aliphatic rings. The molecule has 1 fully saturated rings. The van der Waals surface area contributed by atoms with Crippen LogP contribution in [0.1, 0.15) is 12.0 Å². The molecular weight excluding hydrogens is 195 g/mol. The second kappa shape index (κ2) is 3.98. The Labute approximate surface area is 87.7 Å². The topological polar surface area (TPSA) is 41.1 Å². The molecule has 1 aliphatic heterocycles. The van der Waals surface area contributed by atoms with E-state index in [1.165, 1.54) is 12.1 Å². The number of nitrogens with one attached hydrogen (secondary N) is 2. The summed E-state index contributed by atoms with van der Waals surface area (Å²) < 4.78 is 12.9. The standard InChI is InChI=1S/C11H13FN2O/c1-7-2-3-8(12)6-10(7)14-11(15)9-4-5-13-9/h2-3,6,9,13H,4-5H2,1H3,(H,14,15)/t9-/m1/s1. The van der Waals surface area contributed by atoms with Crippen LogP contribution in [0.4, 0.5) is 10.1 Å². The summed E-state index contributed by atoms with van der Waals surface area (Å²) in [6, 6.07) is 4.25. The van der Waals surface area contributed by atoms with Crippen LogP contribution in [-0.4, -0.2) is 18.5 Å². The van der Waals surface area contributed by atoms with Crippen LogP contribution >= 0.6 is 0 Å². The third-order valence-electron chi connectivity index (χ3n) is 2.60. The van der Waals surface area contributed by atoms with Gasteiger partial charge < -0.3 is 10.6 Å². The number of carbonyl (C=O) groups is 1. The summed E-state index contributed by atoms with van der Waals surface area (Å²) >= 11 is 0. The van der Waals surface area contributed by atoms with E-state index in [1.807, 2.05) is 6.92 Å². The number of halogens is 1. The summed E-state index contributed by atoms with van der Waals surface area (Å²) in [5.41, 5.74) is 1.41. The largest absolute Gasteiger partial charge is 0.324 e. The zero-order valence-corrected chi connectivity index (χ0v) is 8.51. The van der Waals surface area contributed by atoms with Crippen LogP contribution in [0.2, 0.25) is 0 Å². The lowest BCUT2D eigenvalue weighted by Gasteiger charge is -2.26. The van der Waals surface area contributed by atoms with Crippen molar-refractivity contribution in [2.75, 3.05) is 11.9 Å². The summed E-state index contributed by atoms with van der Waals surface area (Å²) in [5.74, 6) is -0.424. The van der Waals surface area contributed by atoms with Gasteiger partial charge in [0.2, 0.25) is 5.91 Å². The van der Waals surface area contributed by atoms with Crippen LogP contribution in [0.3, 0.4) is 0 Å². The van der Waals surface area contributed by atoms with Gasteiger partial charge in [-0.3, -0.25) is 4.79 Å². The van der Waals surface area contributed by atoms with Gasteiger partial charge in [0.05, 0.1) is 6.04 Å². The highest BCUT2D eigenvalue weighted by Crippen LogP contribution is 2.17. The molecule has 0 spiro atoms. The maximum atomic E-state index is 12.9. The zero-order valence-electron chi connectivity index (χ0n) is 8.51. The van der Waals surface area contributed by atoms with Crippen molar-refractivity contribution in [3.8, 4) is 0 Å². The molecule has 1 heterocycles. The van der Waals surface area contributed by atoms with Crippen molar-refractivity contribution in [1.29, 1.82) is 0 Å². The average molecular weight is 208 g/mol. The van der Waals surface area contributed by atoms with Gasteiger partial charge in [-0.15, -0.1) is 0 Å². The highest BCUT2D eigenvalue weighted by Gasteiger charge is 2.24. The molecule has 0 unspecified atom stereocenters. The lowest BCUT2D eigenvalue weighted by molar-refractivity contribution is -0.119. The SMILES string of the molecule is Cc1ccc(F)cc1NC(=O)[C@H]1CCN1. The van der Waals surface area contributed by atoms with Gasteiger partial charge in [0.25, 0.3) is 0 Å². The van der Waals surface area contributed by atoms with E-state index in [1.54, 1.807) is 6.07 Å². The van der Waals surface area contributed by atoms with Crippen LogP contribution in [0.5, 0.6) is 0 Å². The molecule has 0 saturated carbocycles. The van der Waals surface area contributed by atoms with Crippen LogP contribution in [0.15, 0.2) is 18.2 Å². The molecule has 0 aromatic heterocycles. The van der Waals surface area contributed by atoms with Crippen molar-refractivity contribution < 1.29 is 9.18 Å². The lowest BCUT2D eigenvalue weighted by atomic mass is 10.1. The molecule has 2 N–H and O–H groups in total. The second-order valence-electron chi connectivity index (χ2n) is 3.74. The van der Waals surface area contributed by atoms with Gasteiger partial charge in [0.1, 0.15) is 5.82 Å². The molecule has 80 valence electrons. The molecule has 15 heavy (non-hydrogen) atoms. The predicted molar refractivity (Wildman–Crippen MR) is 56.2 cm³/mol. The quantitative estimate of drug-likeness (QED) is 0.772. The first-order valence-corrected chi connectivity index (χ1v) is 4.97. The Bertz CT molecular complexity index is 388. The van der Waals surface area contributed by atoms with Crippen LogP contribution < -0.4 is 10.6 Å². The van der Waals surface area contributed by atoms with Gasteiger partial charge in [-0.1, -0.05) is 6.07 Å². The van der Waals surface area contributed by atoms with Gasteiger partial charge in [-0.05, 0) is 37.6 Å². The summed E-state index contributed by atoms with van der Waals surface area (Å²) in [6.45, 7) is 2.71. The maximum absolute atomic E-state index is 12.9. The van der Waals surface area contributed by atoms with E-state index in [-0.39, 0.29) is 17.8 Å². The number of carbonyl (C=O) groups excluding carboxylic acids is 1. The molecule has 0 aliphatic carbocycles. The fraction of sp³-hybridized carbons (Fsp3) is 0.364. The Morgan fingerprint density at radius 3 is 2.93 bits per heavy atom. The minimum absolute atomic E-state index is 0.0880. The molecule has 0 bridgehead atoms. The number of amides is 1. The van der Waals surface area contributed by atoms with E-state index in [2.05, 4.69) is 10.6 Å². The third kappa shape index (κ3) is 2.15. The summed E-state index contributed by atoms with van der Waals surface area (Å²) in [4.78, 5) is 11.6. The molecule has 1 aromatic rings. The molecule has 3 nitrogen and oxygen atoms in total. The highest BCUT2D eigenvalue weighted by atomic mass is 19.1. The van der Waals surface area contributed by atoms with Gasteiger partial charge >= 0.3 is 0 Å². The van der Waals surface area contributed by atoms with E-state index in [0.29, 0.717) is 5.69 Å². The van der Waals surface area contributed by atoms with E-state index in [0.717, 1.165) is 18.5 Å². The van der Waals surface area contributed by atoms with E-state index < -0.39 is 0 Å². The van der Waals surface area contributed by atoms with Gasteiger partial charge in [0.15, 0.2) is 0 Å². The smallest absolute Gasteiger partial charge is 0.241 e. The summed E-state index contributed by atoms with van der Waals surface area (Å²) in [5, 5.41) is 5.71. The number of hydrogen-bond acceptors (Lipinski definition) is 2. The molecular formula is C11H13FN2O. The van der Waals surface area contributed by atoms with Crippen molar-refractivity contribution in [2.45, 2.75) is 19.4 Å². The minimum Gasteiger partial charge on any atom is -0.324 e. The Morgan fingerprint density at radius 2 is 2.33 bits per heavy atom. The fourth-order valence-electron chi connectivity index (χ4n) is 1.46. The normalized spacial score (nSPS) is 19.5. The molecule has 0 radical (unpaired) electrons. The number of rotatable bonds is 2. The molecule has 1 amide bonds. The first-order chi connectivity index (χ1) is 7.16. The molecule has 1 saturated heterocycles. The van der Waals surface area contributed by atoms with Gasteiger partial charge in [0, 0.05) is 5.69 Å². The summed E-state index contributed by atoms with van der Waals surface area (Å²) in [6.07, 6.45) is 0.847. The number of aryl methyl sites for hydroxylation is 1. The van der Waals surface area contributed by atoms with Crippen molar-refractivity contribution >= 4 is 11.6 Å². The monoisotopic (exact) mass is 208 g/mol. The average Bonchev–Trinajstić information content (AvgIpc) is 2.08. The van der Waals surface area contributed by atoms with E-state index in [9.17, 15) is 9.18 Å². The van der Waals surface area contributed by atoms with Crippen molar-refractivity contribution in [2.24, 2.45) is 0 Å². The van der Waals surface area contributed by atoms with Gasteiger partial charge in [-0.2, -0.15) is 0 Å². The Morgan fingerprint density at radius 1 is 1.60 bits per heavy atom. The maximum Gasteiger partial charge on any atom is 0.241 e. The lowest BCUT2D eigenvalue weighted by Crippen LogP contribution is -2.50. The third-order valence-corrected chi connectivity index (χ3v) is 2.60. The van der Waals surface area contributed by atoms with Gasteiger partial charge in [-0.25, -0.2) is 4.39 Å². The Hall–Kier alpha value is -1.42. The van der Waals surface area contributed by atoms with Crippen LogP contribution in [0, 0.1) is 12.7 Å². The number of anilines is 1. The molecule has 1 atom stereocenters. The minimum atomic E-state index is -0.336. The molecule has 1 aromatic carbocycles. The van der Waals surface area contributed by atoms with Crippen LogP contribution in [-0.2, 0) is 4.79 Å². The second-order valence-corrected chi connectivity index (χ2v) is 3.74. The van der Waals surface area contributed by atoms with Crippen molar-refractivity contribution in [3.05, 3.63) is 29.6 Å². The zero-order chi connectivity index (χ0) is 10.8. The Balaban J connectivity index is 2.09. The van der Waals surface area contributed by atoms with E-state index >= 15 is 0 Å². The number of benzene rings is 1. The highest BCUT2D eigenvalue weighted by molar-refractivity contribution is 5.96.